The third-order valence-electron chi connectivity index (χ3n) is 3.47. The monoisotopic (exact) mass is 367 g/mol. The summed E-state index contributed by atoms with van der Waals surface area (Å²) in [5, 5.41) is 3.88. The summed E-state index contributed by atoms with van der Waals surface area (Å²) >= 11 is 11.9. The molecule has 0 aromatic heterocycles. The normalized spacial score (nSPS) is 11.8. The number of benzene rings is 2. The van der Waals surface area contributed by atoms with Crippen molar-refractivity contribution >= 4 is 29.1 Å². The van der Waals surface area contributed by atoms with Crippen molar-refractivity contribution < 1.29 is 14.3 Å². The van der Waals surface area contributed by atoms with Crippen LogP contribution in [-0.2, 0) is 22.7 Å². The van der Waals surface area contributed by atoms with Gasteiger partial charge in [0.05, 0.1) is 13.7 Å². The van der Waals surface area contributed by atoms with Gasteiger partial charge in [-0.05, 0) is 42.3 Å². The summed E-state index contributed by atoms with van der Waals surface area (Å²) in [4.78, 5) is 12.1. The number of hydrogen-bond acceptors (Lipinski definition) is 3. The first-order chi connectivity index (χ1) is 11.5. The minimum atomic E-state index is -0.581. The molecule has 1 amide bonds. The van der Waals surface area contributed by atoms with E-state index in [0.717, 1.165) is 16.9 Å². The molecule has 0 bridgehead atoms. The Bertz CT molecular complexity index is 706. The van der Waals surface area contributed by atoms with Crippen molar-refractivity contribution in [2.45, 2.75) is 26.2 Å². The van der Waals surface area contributed by atoms with Gasteiger partial charge in [0.1, 0.15) is 11.9 Å². The third kappa shape index (κ3) is 5.41. The Morgan fingerprint density at radius 2 is 2.00 bits per heavy atom. The first-order valence-electron chi connectivity index (χ1n) is 7.45. The molecule has 1 unspecified atom stereocenters. The second kappa shape index (κ2) is 8.92. The van der Waals surface area contributed by atoms with Gasteiger partial charge in [-0.25, -0.2) is 0 Å². The molecule has 0 radical (unpaired) electrons. The lowest BCUT2D eigenvalue weighted by molar-refractivity contribution is -0.132. The van der Waals surface area contributed by atoms with E-state index < -0.39 is 6.10 Å². The summed E-state index contributed by atoms with van der Waals surface area (Å²) in [5.41, 5.74) is 1.74. The summed E-state index contributed by atoms with van der Waals surface area (Å²) in [7, 11) is 1.61. The number of halogens is 2. The highest BCUT2D eigenvalue weighted by molar-refractivity contribution is 6.35. The second-order valence-corrected chi connectivity index (χ2v) is 6.10. The minimum absolute atomic E-state index is 0.205. The van der Waals surface area contributed by atoms with Gasteiger partial charge in [-0.15, -0.1) is 0 Å². The topological polar surface area (TPSA) is 47.6 Å². The SMILES string of the molecule is COc1cccc(COC(C)C(=O)NCc2ccc(Cl)cc2Cl)c1. The van der Waals surface area contributed by atoms with Crippen LogP contribution >= 0.6 is 23.2 Å². The molecule has 1 N–H and O–H groups in total. The van der Waals surface area contributed by atoms with Crippen LogP contribution in [0.5, 0.6) is 5.75 Å². The van der Waals surface area contributed by atoms with Gasteiger partial charge < -0.3 is 14.8 Å². The second-order valence-electron chi connectivity index (χ2n) is 5.26. The first kappa shape index (κ1) is 18.6. The maximum atomic E-state index is 12.1. The Hall–Kier alpha value is -1.75. The lowest BCUT2D eigenvalue weighted by Crippen LogP contribution is -2.34. The van der Waals surface area contributed by atoms with E-state index in [1.54, 1.807) is 32.2 Å². The van der Waals surface area contributed by atoms with Crippen LogP contribution in [0.15, 0.2) is 42.5 Å². The van der Waals surface area contributed by atoms with Crippen LogP contribution in [0.2, 0.25) is 10.0 Å². The van der Waals surface area contributed by atoms with Gasteiger partial charge in [0, 0.05) is 16.6 Å². The predicted octanol–water partition coefficient (Wildman–Crippen LogP) is 4.22. The van der Waals surface area contributed by atoms with Gasteiger partial charge in [0.2, 0.25) is 5.91 Å². The molecular formula is C18H19Cl2NO3. The standard InChI is InChI=1S/C18H19Cl2NO3/c1-12(24-11-13-4-3-5-16(8-13)23-2)18(22)21-10-14-6-7-15(19)9-17(14)20/h3-9,12H,10-11H2,1-2H3,(H,21,22). The van der Waals surface area contributed by atoms with E-state index in [2.05, 4.69) is 5.32 Å². The molecule has 4 nitrogen and oxygen atoms in total. The number of carbonyl (C=O) groups is 1. The zero-order chi connectivity index (χ0) is 17.5. The van der Waals surface area contributed by atoms with E-state index in [0.29, 0.717) is 23.2 Å². The van der Waals surface area contributed by atoms with Crippen LogP contribution < -0.4 is 10.1 Å². The van der Waals surface area contributed by atoms with Gasteiger partial charge in [-0.2, -0.15) is 0 Å². The van der Waals surface area contributed by atoms with Crippen LogP contribution in [0.25, 0.3) is 0 Å². The maximum absolute atomic E-state index is 12.1. The smallest absolute Gasteiger partial charge is 0.249 e. The number of nitrogens with one attached hydrogen (secondary N) is 1. The first-order valence-corrected chi connectivity index (χ1v) is 8.21. The number of hydrogen-bond donors (Lipinski definition) is 1. The fraction of sp³-hybridized carbons (Fsp3) is 0.278. The molecule has 0 aliphatic carbocycles. The Labute approximate surface area is 151 Å². The largest absolute Gasteiger partial charge is 0.497 e. The van der Waals surface area contributed by atoms with E-state index >= 15 is 0 Å². The average molecular weight is 368 g/mol. The summed E-state index contributed by atoms with van der Waals surface area (Å²) in [6.07, 6.45) is -0.581. The van der Waals surface area contributed by atoms with E-state index in [9.17, 15) is 4.79 Å². The van der Waals surface area contributed by atoms with Crippen molar-refractivity contribution in [3.63, 3.8) is 0 Å². The van der Waals surface area contributed by atoms with Crippen LogP contribution in [0.1, 0.15) is 18.1 Å². The molecule has 0 fully saturated rings. The van der Waals surface area contributed by atoms with Crippen LogP contribution in [0.3, 0.4) is 0 Å². The molecular weight excluding hydrogens is 349 g/mol. The van der Waals surface area contributed by atoms with Gasteiger partial charge in [0.25, 0.3) is 0 Å². The van der Waals surface area contributed by atoms with Crippen molar-refractivity contribution in [1.82, 2.24) is 5.32 Å². The molecule has 2 rings (SSSR count). The van der Waals surface area contributed by atoms with E-state index in [-0.39, 0.29) is 5.91 Å². The highest BCUT2D eigenvalue weighted by atomic mass is 35.5. The molecule has 128 valence electrons. The summed E-state index contributed by atoms with van der Waals surface area (Å²) in [5.74, 6) is 0.550. The van der Waals surface area contributed by atoms with E-state index in [1.165, 1.54) is 0 Å². The van der Waals surface area contributed by atoms with Crippen LogP contribution in [-0.4, -0.2) is 19.1 Å². The number of rotatable bonds is 7. The number of amides is 1. The molecule has 0 aliphatic heterocycles. The molecule has 0 aliphatic rings. The molecule has 24 heavy (non-hydrogen) atoms. The molecule has 1 atom stereocenters. The Morgan fingerprint density at radius 3 is 2.71 bits per heavy atom. The summed E-state index contributed by atoms with van der Waals surface area (Å²) in [6.45, 7) is 2.36. The minimum Gasteiger partial charge on any atom is -0.497 e. The fourth-order valence-electron chi connectivity index (χ4n) is 2.05. The highest BCUT2D eigenvalue weighted by Gasteiger charge is 2.14. The molecule has 0 saturated heterocycles. The molecule has 0 saturated carbocycles. The van der Waals surface area contributed by atoms with Crippen molar-refractivity contribution in [2.24, 2.45) is 0 Å². The van der Waals surface area contributed by atoms with Gasteiger partial charge >= 0.3 is 0 Å². The highest BCUT2D eigenvalue weighted by Crippen LogP contribution is 2.20. The molecule has 2 aromatic carbocycles. The average Bonchev–Trinajstić information content (AvgIpc) is 2.58. The molecule has 6 heteroatoms. The van der Waals surface area contributed by atoms with Crippen molar-refractivity contribution in [2.75, 3.05) is 7.11 Å². The molecule has 0 spiro atoms. The van der Waals surface area contributed by atoms with Gasteiger partial charge in [0.15, 0.2) is 0 Å². The van der Waals surface area contributed by atoms with Crippen molar-refractivity contribution in [1.29, 1.82) is 0 Å². The summed E-state index contributed by atoms with van der Waals surface area (Å²) in [6, 6.07) is 12.7. The Morgan fingerprint density at radius 1 is 1.21 bits per heavy atom. The maximum Gasteiger partial charge on any atom is 0.249 e. The lowest BCUT2D eigenvalue weighted by atomic mass is 10.2. The van der Waals surface area contributed by atoms with Gasteiger partial charge in [-0.3, -0.25) is 4.79 Å². The van der Waals surface area contributed by atoms with Crippen molar-refractivity contribution in [3.05, 3.63) is 63.6 Å². The number of carbonyl (C=O) groups excluding carboxylic acids is 1. The zero-order valence-electron chi connectivity index (χ0n) is 13.5. The number of methoxy groups -OCH3 is 1. The predicted molar refractivity (Wildman–Crippen MR) is 95.6 cm³/mol. The Kier molecular flexibility index (Phi) is 6.91. The van der Waals surface area contributed by atoms with Crippen LogP contribution in [0.4, 0.5) is 0 Å². The number of ether oxygens (including phenoxy) is 2. The summed E-state index contributed by atoms with van der Waals surface area (Å²) < 4.78 is 10.8. The zero-order valence-corrected chi connectivity index (χ0v) is 15.0. The lowest BCUT2D eigenvalue weighted by Gasteiger charge is -2.14. The Balaban J connectivity index is 1.83. The quantitative estimate of drug-likeness (QED) is 0.796. The van der Waals surface area contributed by atoms with E-state index in [1.807, 2.05) is 24.3 Å². The van der Waals surface area contributed by atoms with Crippen molar-refractivity contribution in [3.8, 4) is 5.75 Å². The van der Waals surface area contributed by atoms with E-state index in [4.69, 9.17) is 32.7 Å². The third-order valence-corrected chi connectivity index (χ3v) is 4.06. The fourth-order valence-corrected chi connectivity index (χ4v) is 2.53. The molecule has 2 aromatic rings. The van der Waals surface area contributed by atoms with Crippen LogP contribution in [0, 0.1) is 0 Å². The van der Waals surface area contributed by atoms with Gasteiger partial charge in [-0.1, -0.05) is 41.4 Å². The molecule has 0 heterocycles.